The Morgan fingerprint density at radius 3 is 2.43 bits per heavy atom. The zero-order valence-corrected chi connectivity index (χ0v) is 14.0. The van der Waals surface area contributed by atoms with Crippen molar-refractivity contribution in [1.29, 1.82) is 0 Å². The fourth-order valence-corrected chi connectivity index (χ4v) is 3.66. The summed E-state index contributed by atoms with van der Waals surface area (Å²) >= 11 is 1.41. The molecule has 0 aliphatic carbocycles. The molecule has 23 heavy (non-hydrogen) atoms. The highest BCUT2D eigenvalue weighted by molar-refractivity contribution is 7.98. The lowest BCUT2D eigenvalue weighted by Gasteiger charge is -2.03. The molecule has 0 aliphatic heterocycles. The standard InChI is InChI=1S/C16H14N2O3S2/c1-23(19,20)14-10-6-5-9-13(14)15-17-18-16(21-15)22-11-12-7-3-2-4-8-12/h2-10H,11H2,1H3. The Morgan fingerprint density at radius 2 is 1.70 bits per heavy atom. The van der Waals surface area contributed by atoms with Gasteiger partial charge in [0.05, 0.1) is 10.5 Å². The molecule has 1 aromatic heterocycles. The third-order valence-corrected chi connectivity index (χ3v) is 5.17. The van der Waals surface area contributed by atoms with Crippen molar-refractivity contribution in [2.24, 2.45) is 0 Å². The minimum absolute atomic E-state index is 0.184. The van der Waals surface area contributed by atoms with Crippen molar-refractivity contribution in [1.82, 2.24) is 10.2 Å². The molecular weight excluding hydrogens is 332 g/mol. The third kappa shape index (κ3) is 3.80. The summed E-state index contributed by atoms with van der Waals surface area (Å²) in [6.45, 7) is 0. The molecule has 0 spiro atoms. The van der Waals surface area contributed by atoms with E-state index in [1.807, 2.05) is 30.3 Å². The molecule has 0 saturated heterocycles. The molecule has 0 N–H and O–H groups in total. The smallest absolute Gasteiger partial charge is 0.277 e. The molecule has 0 saturated carbocycles. The van der Waals surface area contributed by atoms with Crippen molar-refractivity contribution in [2.75, 3.05) is 6.26 Å². The molecule has 0 fully saturated rings. The van der Waals surface area contributed by atoms with E-state index in [1.54, 1.807) is 18.2 Å². The van der Waals surface area contributed by atoms with Crippen LogP contribution in [0.5, 0.6) is 0 Å². The maximum Gasteiger partial charge on any atom is 0.277 e. The number of aromatic nitrogens is 2. The summed E-state index contributed by atoms with van der Waals surface area (Å²) in [6.07, 6.45) is 1.16. The first kappa shape index (κ1) is 15.8. The number of nitrogens with zero attached hydrogens (tertiary/aromatic N) is 2. The quantitative estimate of drug-likeness (QED) is 0.659. The second-order valence-electron chi connectivity index (χ2n) is 4.92. The maximum absolute atomic E-state index is 11.8. The highest BCUT2D eigenvalue weighted by atomic mass is 32.2. The minimum atomic E-state index is -3.36. The van der Waals surface area contributed by atoms with Crippen LogP contribution in [0.3, 0.4) is 0 Å². The topological polar surface area (TPSA) is 73.1 Å². The van der Waals surface area contributed by atoms with E-state index in [-0.39, 0.29) is 10.8 Å². The summed E-state index contributed by atoms with van der Waals surface area (Å²) in [4.78, 5) is 0.184. The van der Waals surface area contributed by atoms with Crippen molar-refractivity contribution < 1.29 is 12.8 Å². The van der Waals surface area contributed by atoms with E-state index in [4.69, 9.17) is 4.42 Å². The van der Waals surface area contributed by atoms with Crippen molar-refractivity contribution in [3.05, 3.63) is 60.2 Å². The van der Waals surface area contributed by atoms with E-state index >= 15 is 0 Å². The van der Waals surface area contributed by atoms with Crippen LogP contribution in [0.15, 0.2) is 69.1 Å². The molecule has 0 unspecified atom stereocenters. The average molecular weight is 346 g/mol. The first-order chi connectivity index (χ1) is 11.0. The molecule has 5 nitrogen and oxygen atoms in total. The number of rotatable bonds is 5. The molecule has 0 bridgehead atoms. The normalized spacial score (nSPS) is 11.5. The van der Waals surface area contributed by atoms with Gasteiger partial charge < -0.3 is 4.42 Å². The Labute approximate surface area is 138 Å². The first-order valence-corrected chi connectivity index (χ1v) is 9.71. The zero-order valence-electron chi connectivity index (χ0n) is 12.3. The van der Waals surface area contributed by atoms with Gasteiger partial charge >= 0.3 is 0 Å². The van der Waals surface area contributed by atoms with Crippen LogP contribution in [0.1, 0.15) is 5.56 Å². The molecule has 0 atom stereocenters. The van der Waals surface area contributed by atoms with Gasteiger partial charge in [-0.2, -0.15) is 0 Å². The van der Waals surface area contributed by atoms with E-state index in [9.17, 15) is 8.42 Å². The van der Waals surface area contributed by atoms with Crippen molar-refractivity contribution in [3.8, 4) is 11.5 Å². The summed E-state index contributed by atoms with van der Waals surface area (Å²) in [7, 11) is -3.36. The second-order valence-corrected chi connectivity index (χ2v) is 7.83. The average Bonchev–Trinajstić information content (AvgIpc) is 3.02. The third-order valence-electron chi connectivity index (χ3n) is 3.13. The van der Waals surface area contributed by atoms with Crippen LogP contribution in [0.2, 0.25) is 0 Å². The fourth-order valence-electron chi connectivity index (χ4n) is 2.06. The number of hydrogen-bond donors (Lipinski definition) is 0. The van der Waals surface area contributed by atoms with Gasteiger partial charge in [-0.15, -0.1) is 10.2 Å². The lowest BCUT2D eigenvalue weighted by molar-refractivity contribution is 0.465. The van der Waals surface area contributed by atoms with E-state index in [0.29, 0.717) is 16.5 Å². The van der Waals surface area contributed by atoms with E-state index in [0.717, 1.165) is 11.8 Å². The SMILES string of the molecule is CS(=O)(=O)c1ccccc1-c1nnc(SCc2ccccc2)o1. The van der Waals surface area contributed by atoms with Crippen LogP contribution in [0, 0.1) is 0 Å². The van der Waals surface area contributed by atoms with Crippen LogP contribution >= 0.6 is 11.8 Å². The lowest BCUT2D eigenvalue weighted by Crippen LogP contribution is -1.99. The highest BCUT2D eigenvalue weighted by Gasteiger charge is 2.18. The van der Waals surface area contributed by atoms with Crippen LogP contribution in [-0.4, -0.2) is 24.9 Å². The van der Waals surface area contributed by atoms with Crippen LogP contribution in [0.25, 0.3) is 11.5 Å². The number of thioether (sulfide) groups is 1. The predicted molar refractivity (Wildman–Crippen MR) is 88.8 cm³/mol. The van der Waals surface area contributed by atoms with E-state index in [1.165, 1.54) is 17.8 Å². The van der Waals surface area contributed by atoms with Crippen molar-refractivity contribution in [3.63, 3.8) is 0 Å². The van der Waals surface area contributed by atoms with Crippen molar-refractivity contribution in [2.45, 2.75) is 15.9 Å². The van der Waals surface area contributed by atoms with E-state index < -0.39 is 9.84 Å². The van der Waals surface area contributed by atoms with Gasteiger partial charge in [-0.05, 0) is 17.7 Å². The van der Waals surface area contributed by atoms with Gasteiger partial charge in [-0.3, -0.25) is 0 Å². The lowest BCUT2D eigenvalue weighted by atomic mass is 10.2. The number of sulfone groups is 1. The highest BCUT2D eigenvalue weighted by Crippen LogP contribution is 2.29. The van der Waals surface area contributed by atoms with Gasteiger partial charge in [-0.25, -0.2) is 8.42 Å². The van der Waals surface area contributed by atoms with Crippen LogP contribution < -0.4 is 0 Å². The first-order valence-electron chi connectivity index (χ1n) is 6.84. The molecule has 118 valence electrons. The molecule has 0 amide bonds. The molecule has 0 radical (unpaired) electrons. The minimum Gasteiger partial charge on any atom is -0.411 e. The van der Waals surface area contributed by atoms with Gasteiger partial charge in [0, 0.05) is 12.0 Å². The van der Waals surface area contributed by atoms with Gasteiger partial charge in [-0.1, -0.05) is 54.2 Å². The van der Waals surface area contributed by atoms with Crippen LogP contribution in [-0.2, 0) is 15.6 Å². The Kier molecular flexibility index (Phi) is 4.49. The predicted octanol–water partition coefficient (Wildman–Crippen LogP) is 3.43. The zero-order chi connectivity index (χ0) is 16.3. The number of hydrogen-bond acceptors (Lipinski definition) is 6. The van der Waals surface area contributed by atoms with Gasteiger partial charge in [0.15, 0.2) is 9.84 Å². The molecule has 7 heteroatoms. The Bertz CT molecular complexity index is 906. The maximum atomic E-state index is 11.8. The Hall–Kier alpha value is -2.12. The molecule has 3 rings (SSSR count). The Balaban J connectivity index is 1.83. The second kappa shape index (κ2) is 6.55. The van der Waals surface area contributed by atoms with Gasteiger partial charge in [0.1, 0.15) is 0 Å². The molecule has 3 aromatic rings. The summed E-state index contributed by atoms with van der Waals surface area (Å²) in [5, 5.41) is 8.36. The summed E-state index contributed by atoms with van der Waals surface area (Å²) in [5.41, 5.74) is 1.57. The summed E-state index contributed by atoms with van der Waals surface area (Å²) in [5.74, 6) is 0.914. The number of benzene rings is 2. The van der Waals surface area contributed by atoms with Crippen molar-refractivity contribution >= 4 is 21.6 Å². The fraction of sp³-hybridized carbons (Fsp3) is 0.125. The van der Waals surface area contributed by atoms with Gasteiger partial charge in [0.25, 0.3) is 5.22 Å². The molecule has 0 aliphatic rings. The largest absolute Gasteiger partial charge is 0.411 e. The molecule has 1 heterocycles. The summed E-state index contributed by atoms with van der Waals surface area (Å²) < 4.78 is 29.3. The van der Waals surface area contributed by atoms with E-state index in [2.05, 4.69) is 10.2 Å². The Morgan fingerprint density at radius 1 is 1.00 bits per heavy atom. The van der Waals surface area contributed by atoms with Crippen LogP contribution in [0.4, 0.5) is 0 Å². The molecular formula is C16H14N2O3S2. The van der Waals surface area contributed by atoms with Gasteiger partial charge in [0.2, 0.25) is 5.89 Å². The molecule has 2 aromatic carbocycles. The summed E-state index contributed by atoms with van der Waals surface area (Å²) in [6, 6.07) is 16.5. The monoisotopic (exact) mass is 346 g/mol.